The van der Waals surface area contributed by atoms with Crippen LogP contribution >= 0.6 is 39.1 Å². The Morgan fingerprint density at radius 1 is 0.905 bits per heavy atom. The molecule has 0 saturated carbocycles. The minimum atomic E-state index is 0.390. The third-order valence-electron chi connectivity index (χ3n) is 3.20. The Labute approximate surface area is 141 Å². The van der Waals surface area contributed by atoms with Crippen molar-refractivity contribution in [2.75, 3.05) is 0 Å². The molecule has 0 aliphatic carbocycles. The maximum absolute atomic E-state index is 6.15. The van der Waals surface area contributed by atoms with Gasteiger partial charge in [-0.3, -0.25) is 0 Å². The van der Waals surface area contributed by atoms with E-state index in [0.717, 1.165) is 26.6 Å². The fraction of sp³-hybridized carbons (Fsp3) is 0.0588. The minimum Gasteiger partial charge on any atom is -0.489 e. The van der Waals surface area contributed by atoms with Crippen LogP contribution in [-0.2, 0) is 6.61 Å². The molecule has 0 bridgehead atoms. The van der Waals surface area contributed by atoms with Crippen molar-refractivity contribution in [2.24, 2.45) is 0 Å². The van der Waals surface area contributed by atoms with Gasteiger partial charge >= 0.3 is 0 Å². The SMILES string of the molecule is Clc1cccc(COc2ccc3cc(Br)ccc3c2)c1Cl. The van der Waals surface area contributed by atoms with Crippen LogP contribution in [0.15, 0.2) is 59.1 Å². The van der Waals surface area contributed by atoms with Crippen LogP contribution in [0.5, 0.6) is 5.75 Å². The summed E-state index contributed by atoms with van der Waals surface area (Å²) in [6.07, 6.45) is 0. The van der Waals surface area contributed by atoms with E-state index in [1.54, 1.807) is 6.07 Å². The molecule has 1 nitrogen and oxygen atoms in total. The first kappa shape index (κ1) is 14.7. The smallest absolute Gasteiger partial charge is 0.120 e. The van der Waals surface area contributed by atoms with Gasteiger partial charge in [0.25, 0.3) is 0 Å². The number of hydrogen-bond donors (Lipinski definition) is 0. The molecule has 0 fully saturated rings. The van der Waals surface area contributed by atoms with Gasteiger partial charge in [-0.1, -0.05) is 63.4 Å². The fourth-order valence-electron chi connectivity index (χ4n) is 2.11. The highest BCUT2D eigenvalue weighted by atomic mass is 79.9. The molecule has 0 amide bonds. The summed E-state index contributed by atoms with van der Waals surface area (Å²) in [5.41, 5.74) is 0.875. The molecule has 0 saturated heterocycles. The molecule has 3 rings (SSSR count). The van der Waals surface area contributed by atoms with E-state index in [4.69, 9.17) is 27.9 Å². The Hall–Kier alpha value is -1.22. The average molecular weight is 382 g/mol. The van der Waals surface area contributed by atoms with E-state index < -0.39 is 0 Å². The van der Waals surface area contributed by atoms with Gasteiger partial charge in [0.15, 0.2) is 0 Å². The number of hydrogen-bond acceptors (Lipinski definition) is 1. The third-order valence-corrected chi connectivity index (χ3v) is 4.55. The lowest BCUT2D eigenvalue weighted by atomic mass is 10.1. The zero-order chi connectivity index (χ0) is 14.8. The van der Waals surface area contributed by atoms with Crippen LogP contribution in [-0.4, -0.2) is 0 Å². The standard InChI is InChI=1S/C17H11BrCl2O/c18-14-6-4-12-9-15(7-5-11(12)8-14)21-10-13-2-1-3-16(19)17(13)20/h1-9H,10H2. The zero-order valence-corrected chi connectivity index (χ0v) is 14.0. The Morgan fingerprint density at radius 2 is 1.67 bits per heavy atom. The van der Waals surface area contributed by atoms with Crippen molar-refractivity contribution in [1.82, 2.24) is 0 Å². The van der Waals surface area contributed by atoms with Crippen LogP contribution in [0.2, 0.25) is 10.0 Å². The monoisotopic (exact) mass is 380 g/mol. The molecule has 0 atom stereocenters. The van der Waals surface area contributed by atoms with Crippen LogP contribution in [0.4, 0.5) is 0 Å². The summed E-state index contributed by atoms with van der Waals surface area (Å²) < 4.78 is 6.88. The number of ether oxygens (including phenoxy) is 1. The predicted octanol–water partition coefficient (Wildman–Crippen LogP) is 6.49. The molecule has 0 heterocycles. The van der Waals surface area contributed by atoms with Crippen LogP contribution in [0.25, 0.3) is 10.8 Å². The molecule has 0 N–H and O–H groups in total. The Bertz CT molecular complexity index is 802. The van der Waals surface area contributed by atoms with Crippen molar-refractivity contribution in [2.45, 2.75) is 6.61 Å². The van der Waals surface area contributed by atoms with Gasteiger partial charge in [-0.25, -0.2) is 0 Å². The van der Waals surface area contributed by atoms with Crippen LogP contribution in [0.1, 0.15) is 5.56 Å². The molecule has 0 aromatic heterocycles. The predicted molar refractivity (Wildman–Crippen MR) is 92.4 cm³/mol. The molecule has 4 heteroatoms. The molecule has 0 aliphatic heterocycles. The lowest BCUT2D eigenvalue weighted by molar-refractivity contribution is 0.307. The summed E-state index contributed by atoms with van der Waals surface area (Å²) in [5, 5.41) is 3.38. The highest BCUT2D eigenvalue weighted by Gasteiger charge is 2.05. The van der Waals surface area contributed by atoms with Gasteiger partial charge in [0.05, 0.1) is 10.0 Å². The third kappa shape index (κ3) is 3.34. The van der Waals surface area contributed by atoms with Gasteiger partial charge in [-0.2, -0.15) is 0 Å². The van der Waals surface area contributed by atoms with Gasteiger partial charge in [0.2, 0.25) is 0 Å². The first-order valence-corrected chi connectivity index (χ1v) is 7.93. The molecular formula is C17H11BrCl2O. The quantitative estimate of drug-likeness (QED) is 0.503. The van der Waals surface area contributed by atoms with Crippen molar-refractivity contribution in [3.8, 4) is 5.75 Å². The van der Waals surface area contributed by atoms with Crippen molar-refractivity contribution in [3.63, 3.8) is 0 Å². The molecule has 106 valence electrons. The zero-order valence-electron chi connectivity index (χ0n) is 10.9. The summed E-state index contributed by atoms with van der Waals surface area (Å²) in [6, 6.07) is 17.7. The van der Waals surface area contributed by atoms with E-state index in [0.29, 0.717) is 16.7 Å². The largest absolute Gasteiger partial charge is 0.489 e. The van der Waals surface area contributed by atoms with Crippen LogP contribution in [0.3, 0.4) is 0 Å². The second kappa shape index (κ2) is 6.27. The molecule has 21 heavy (non-hydrogen) atoms. The van der Waals surface area contributed by atoms with Crippen molar-refractivity contribution in [3.05, 3.63) is 74.7 Å². The second-order valence-corrected chi connectivity index (χ2v) is 6.36. The summed E-state index contributed by atoms with van der Waals surface area (Å²) in [5.74, 6) is 0.806. The van der Waals surface area contributed by atoms with Crippen LogP contribution in [0, 0.1) is 0 Å². The summed E-state index contributed by atoms with van der Waals surface area (Å²) >= 11 is 15.6. The van der Waals surface area contributed by atoms with Gasteiger partial charge in [-0.15, -0.1) is 0 Å². The molecule has 3 aromatic rings. The van der Waals surface area contributed by atoms with E-state index in [2.05, 4.69) is 28.1 Å². The summed E-state index contributed by atoms with van der Waals surface area (Å²) in [4.78, 5) is 0. The first-order valence-electron chi connectivity index (χ1n) is 6.38. The van der Waals surface area contributed by atoms with Gasteiger partial charge in [-0.05, 0) is 41.1 Å². The summed E-state index contributed by atoms with van der Waals surface area (Å²) in [6.45, 7) is 0.390. The molecular weight excluding hydrogens is 371 g/mol. The van der Waals surface area contributed by atoms with Gasteiger partial charge in [0, 0.05) is 10.0 Å². The van der Waals surface area contributed by atoms with Crippen molar-refractivity contribution < 1.29 is 4.74 Å². The molecule has 0 spiro atoms. The Morgan fingerprint density at radius 3 is 2.52 bits per heavy atom. The highest BCUT2D eigenvalue weighted by Crippen LogP contribution is 2.28. The first-order chi connectivity index (χ1) is 10.1. The number of rotatable bonds is 3. The maximum Gasteiger partial charge on any atom is 0.120 e. The van der Waals surface area contributed by atoms with Crippen molar-refractivity contribution in [1.29, 1.82) is 0 Å². The van der Waals surface area contributed by atoms with E-state index in [1.165, 1.54) is 0 Å². The molecule has 0 unspecified atom stereocenters. The molecule has 0 aliphatic rings. The average Bonchev–Trinajstić information content (AvgIpc) is 2.49. The molecule has 3 aromatic carbocycles. The normalized spacial score (nSPS) is 10.8. The van der Waals surface area contributed by atoms with Crippen LogP contribution < -0.4 is 4.74 Å². The highest BCUT2D eigenvalue weighted by molar-refractivity contribution is 9.10. The lowest BCUT2D eigenvalue weighted by Gasteiger charge is -2.09. The van der Waals surface area contributed by atoms with E-state index >= 15 is 0 Å². The topological polar surface area (TPSA) is 9.23 Å². The Balaban J connectivity index is 1.82. The van der Waals surface area contributed by atoms with Gasteiger partial charge in [0.1, 0.15) is 12.4 Å². The lowest BCUT2D eigenvalue weighted by Crippen LogP contribution is -1.96. The maximum atomic E-state index is 6.15. The molecule has 0 radical (unpaired) electrons. The van der Waals surface area contributed by atoms with Gasteiger partial charge < -0.3 is 4.74 Å². The van der Waals surface area contributed by atoms with E-state index in [-0.39, 0.29) is 0 Å². The number of halogens is 3. The minimum absolute atomic E-state index is 0.390. The fourth-order valence-corrected chi connectivity index (χ4v) is 2.86. The van der Waals surface area contributed by atoms with Crippen molar-refractivity contribution >= 4 is 49.9 Å². The number of benzene rings is 3. The summed E-state index contributed by atoms with van der Waals surface area (Å²) in [7, 11) is 0. The number of fused-ring (bicyclic) bond motifs is 1. The Kier molecular flexibility index (Phi) is 4.39. The van der Waals surface area contributed by atoms with E-state index in [1.807, 2.05) is 36.4 Å². The van der Waals surface area contributed by atoms with E-state index in [9.17, 15) is 0 Å². The second-order valence-electron chi connectivity index (χ2n) is 4.65.